The molecular weight excluding hydrogens is 457 g/mol. The topological polar surface area (TPSA) is 264 Å². The number of H-pyrrole nitrogens is 1. The molecule has 9 N–H and O–H groups in total. The van der Waals surface area contributed by atoms with Crippen LogP contribution in [0.3, 0.4) is 0 Å². The summed E-state index contributed by atoms with van der Waals surface area (Å²) in [6.07, 6.45) is -4.52. The monoisotopic (exact) mass is 477 g/mol. The predicted molar refractivity (Wildman–Crippen MR) is 103 cm³/mol. The molecule has 18 heteroatoms. The summed E-state index contributed by atoms with van der Waals surface area (Å²) in [7, 11) is -4.55. The van der Waals surface area contributed by atoms with Crippen LogP contribution in [-0.2, 0) is 23.4 Å². The number of hydrogen-bond acceptors (Lipinski definition) is 11. The van der Waals surface area contributed by atoms with Crippen molar-refractivity contribution in [1.29, 1.82) is 0 Å². The number of carbonyl (C=O) groups excluding carboxylic acids is 1. The van der Waals surface area contributed by atoms with Gasteiger partial charge in [0.25, 0.3) is 5.56 Å². The van der Waals surface area contributed by atoms with Crippen LogP contribution in [0.1, 0.15) is 6.23 Å². The lowest BCUT2D eigenvalue weighted by atomic mass is 10.1. The van der Waals surface area contributed by atoms with E-state index in [1.807, 2.05) is 10.4 Å². The maximum absolute atomic E-state index is 12.0. The van der Waals surface area contributed by atoms with Crippen LogP contribution >= 0.6 is 7.75 Å². The van der Waals surface area contributed by atoms with Crippen LogP contribution in [0.25, 0.3) is 11.2 Å². The number of aliphatic hydroxyl groups is 2. The van der Waals surface area contributed by atoms with Gasteiger partial charge in [0, 0.05) is 0 Å². The number of nitrogens with two attached hydrogens (primary N) is 1. The zero-order chi connectivity index (χ0) is 23.6. The fourth-order valence-corrected chi connectivity index (χ4v) is 3.64. The average molecular weight is 477 g/mol. The number of carboxylic acids is 1. The molecule has 17 nitrogen and oxygen atoms in total. The number of carboxylic acid groups (broad SMARTS) is 1. The Labute approximate surface area is 177 Å². The summed E-state index contributed by atoms with van der Waals surface area (Å²) in [5.41, 5.74) is 4.78. The number of rotatable bonds is 9. The first-order valence-electron chi connectivity index (χ1n) is 8.93. The van der Waals surface area contributed by atoms with Gasteiger partial charge in [0.2, 0.25) is 11.9 Å². The number of anilines is 1. The number of amides is 1. The molecule has 2 aromatic heterocycles. The number of ether oxygens (including phenoxy) is 1. The molecule has 1 unspecified atom stereocenters. The highest BCUT2D eigenvalue weighted by molar-refractivity contribution is 7.50. The van der Waals surface area contributed by atoms with Gasteiger partial charge < -0.3 is 36.0 Å². The van der Waals surface area contributed by atoms with Gasteiger partial charge in [-0.3, -0.25) is 28.5 Å². The standard InChI is InChI=1S/C14H20N7O10P/c15-14-19-11-8(12(27)20-14)17-4-21(11)13-10(26)9(25)5(31-13)3-30-32(28,29)18-1-6(22)16-2-7(23)24/h4-5,9-10,13,25-26H,1-3H2,(H,16,22)(H,23,24)(H2,18,28,29)(H3,15,19,20,27)/t5-,9-,10-,13-/m1/s1. The molecule has 0 spiro atoms. The van der Waals surface area contributed by atoms with E-state index < -0.39 is 69.4 Å². The van der Waals surface area contributed by atoms with Crippen molar-refractivity contribution in [2.75, 3.05) is 25.4 Å². The highest BCUT2D eigenvalue weighted by Gasteiger charge is 2.45. The number of nitrogen functional groups attached to an aromatic ring is 1. The van der Waals surface area contributed by atoms with Crippen molar-refractivity contribution < 1.29 is 43.6 Å². The first-order chi connectivity index (χ1) is 15.0. The quantitative estimate of drug-likeness (QED) is 0.161. The third kappa shape index (κ3) is 5.28. The van der Waals surface area contributed by atoms with Crippen molar-refractivity contribution >= 4 is 36.7 Å². The Morgan fingerprint density at radius 2 is 2.06 bits per heavy atom. The number of fused-ring (bicyclic) bond motifs is 1. The van der Waals surface area contributed by atoms with Crippen LogP contribution in [0.15, 0.2) is 11.1 Å². The minimum Gasteiger partial charge on any atom is -0.480 e. The van der Waals surface area contributed by atoms with Crippen LogP contribution in [0.4, 0.5) is 5.95 Å². The highest BCUT2D eigenvalue weighted by atomic mass is 31.2. The maximum atomic E-state index is 12.0. The van der Waals surface area contributed by atoms with E-state index in [0.29, 0.717) is 0 Å². The second kappa shape index (κ2) is 9.29. The molecular formula is C14H20N7O10P. The first kappa shape index (κ1) is 23.7. The second-order valence-electron chi connectivity index (χ2n) is 6.64. The van der Waals surface area contributed by atoms with E-state index in [9.17, 15) is 34.1 Å². The normalized spacial score (nSPS) is 25.0. The summed E-state index contributed by atoms with van der Waals surface area (Å²) >= 11 is 0. The number of hydrogen-bond donors (Lipinski definition) is 8. The molecule has 1 saturated heterocycles. The van der Waals surface area contributed by atoms with Crippen molar-refractivity contribution in [2.24, 2.45) is 0 Å². The van der Waals surface area contributed by atoms with Crippen LogP contribution in [0, 0.1) is 0 Å². The van der Waals surface area contributed by atoms with E-state index in [4.69, 9.17) is 20.1 Å². The Morgan fingerprint density at radius 1 is 1.34 bits per heavy atom. The number of carbonyl (C=O) groups is 2. The number of aromatic amines is 1. The van der Waals surface area contributed by atoms with E-state index in [1.54, 1.807) is 0 Å². The lowest BCUT2D eigenvalue weighted by molar-refractivity contribution is -0.137. The average Bonchev–Trinajstić information content (AvgIpc) is 3.25. The van der Waals surface area contributed by atoms with Gasteiger partial charge in [-0.15, -0.1) is 0 Å². The van der Waals surface area contributed by atoms with Crippen LogP contribution in [0.5, 0.6) is 0 Å². The van der Waals surface area contributed by atoms with Gasteiger partial charge in [0.05, 0.1) is 19.5 Å². The Bertz CT molecular complexity index is 1120. The molecule has 2 aromatic rings. The summed E-state index contributed by atoms with van der Waals surface area (Å²) in [6, 6.07) is 0. The minimum atomic E-state index is -4.55. The summed E-state index contributed by atoms with van der Waals surface area (Å²) in [5, 5.41) is 32.9. The predicted octanol–water partition coefficient (Wildman–Crippen LogP) is -3.77. The van der Waals surface area contributed by atoms with Crippen molar-refractivity contribution in [3.05, 3.63) is 16.7 Å². The van der Waals surface area contributed by atoms with E-state index in [2.05, 4.69) is 15.0 Å². The molecule has 5 atom stereocenters. The molecule has 0 aliphatic carbocycles. The van der Waals surface area contributed by atoms with Crippen molar-refractivity contribution in [2.45, 2.75) is 24.5 Å². The van der Waals surface area contributed by atoms with Gasteiger partial charge >= 0.3 is 13.7 Å². The van der Waals surface area contributed by atoms with Crippen LogP contribution in [0.2, 0.25) is 0 Å². The van der Waals surface area contributed by atoms with Gasteiger partial charge in [-0.25, -0.2) is 14.6 Å². The fourth-order valence-electron chi connectivity index (χ4n) is 2.85. The molecule has 0 radical (unpaired) electrons. The number of aliphatic hydroxyl groups excluding tert-OH is 2. The smallest absolute Gasteiger partial charge is 0.403 e. The van der Waals surface area contributed by atoms with E-state index in [-0.39, 0.29) is 17.1 Å². The highest BCUT2D eigenvalue weighted by Crippen LogP contribution is 2.39. The van der Waals surface area contributed by atoms with Gasteiger partial charge in [-0.1, -0.05) is 0 Å². The van der Waals surface area contributed by atoms with Gasteiger partial charge in [0.1, 0.15) is 24.9 Å². The molecule has 3 rings (SSSR count). The second-order valence-corrected chi connectivity index (χ2v) is 8.26. The number of imidazole rings is 1. The molecule has 32 heavy (non-hydrogen) atoms. The van der Waals surface area contributed by atoms with Gasteiger partial charge in [-0.2, -0.15) is 4.98 Å². The summed E-state index contributed by atoms with van der Waals surface area (Å²) in [6.45, 7) is -2.06. The number of nitrogens with one attached hydrogen (secondary N) is 3. The summed E-state index contributed by atoms with van der Waals surface area (Å²) in [4.78, 5) is 53.5. The fraction of sp³-hybridized carbons (Fsp3) is 0.500. The molecule has 0 saturated carbocycles. The SMILES string of the molecule is Nc1nc2c(ncn2[C@@H]2O[C@H](COP(=O)(O)NCC(=O)NCC(=O)O)[C@@H](O)[C@H]2O)c(=O)[nH]1. The van der Waals surface area contributed by atoms with Crippen LogP contribution in [-0.4, -0.2) is 89.6 Å². The maximum Gasteiger partial charge on any atom is 0.403 e. The minimum absolute atomic E-state index is 0.0223. The van der Waals surface area contributed by atoms with Crippen molar-refractivity contribution in [3.8, 4) is 0 Å². The van der Waals surface area contributed by atoms with Crippen LogP contribution < -0.4 is 21.7 Å². The van der Waals surface area contributed by atoms with Crippen molar-refractivity contribution in [1.82, 2.24) is 29.9 Å². The molecule has 3 heterocycles. The number of aliphatic carboxylic acids is 1. The third-order valence-electron chi connectivity index (χ3n) is 4.35. The molecule has 0 bridgehead atoms. The van der Waals surface area contributed by atoms with Gasteiger partial charge in [-0.05, 0) is 0 Å². The largest absolute Gasteiger partial charge is 0.480 e. The van der Waals surface area contributed by atoms with E-state index in [0.717, 1.165) is 6.33 Å². The zero-order valence-electron chi connectivity index (χ0n) is 16.1. The molecule has 1 fully saturated rings. The Balaban J connectivity index is 1.62. The number of aromatic nitrogens is 4. The van der Waals surface area contributed by atoms with Crippen molar-refractivity contribution in [3.63, 3.8) is 0 Å². The Hall–Kier alpha value is -2.92. The van der Waals surface area contributed by atoms with Gasteiger partial charge in [0.15, 0.2) is 17.4 Å². The molecule has 1 amide bonds. The molecule has 176 valence electrons. The Morgan fingerprint density at radius 3 is 2.75 bits per heavy atom. The first-order valence-corrected chi connectivity index (χ1v) is 10.5. The summed E-state index contributed by atoms with van der Waals surface area (Å²) in [5.74, 6) is -2.38. The summed E-state index contributed by atoms with van der Waals surface area (Å²) < 4.78 is 23.5. The number of nitrogens with zero attached hydrogens (tertiary/aromatic N) is 3. The molecule has 1 aliphatic heterocycles. The molecule has 1 aliphatic rings. The van der Waals surface area contributed by atoms with E-state index >= 15 is 0 Å². The Kier molecular flexibility index (Phi) is 6.89. The lowest BCUT2D eigenvalue weighted by Crippen LogP contribution is -2.37. The lowest BCUT2D eigenvalue weighted by Gasteiger charge is -2.18. The zero-order valence-corrected chi connectivity index (χ0v) is 17.0. The molecule has 0 aromatic carbocycles. The van der Waals surface area contributed by atoms with E-state index in [1.165, 1.54) is 4.57 Å². The third-order valence-corrected chi connectivity index (χ3v) is 5.41.